The maximum Gasteiger partial charge on any atom is 0.291 e. The van der Waals surface area contributed by atoms with Crippen molar-refractivity contribution in [3.8, 4) is 5.75 Å². The zero-order valence-electron chi connectivity index (χ0n) is 15.0. The van der Waals surface area contributed by atoms with Gasteiger partial charge in [0.1, 0.15) is 16.6 Å². The van der Waals surface area contributed by atoms with Gasteiger partial charge in [0.2, 0.25) is 5.91 Å². The molecule has 0 bridgehead atoms. The molecular formula is C20H17FN2O3S2. The molecule has 0 saturated carbocycles. The lowest BCUT2D eigenvalue weighted by molar-refractivity contribution is -0.116. The Morgan fingerprint density at radius 3 is 2.54 bits per heavy atom. The molecule has 28 heavy (non-hydrogen) atoms. The number of benzene rings is 2. The molecular weight excluding hydrogens is 399 g/mol. The van der Waals surface area contributed by atoms with Gasteiger partial charge in [-0.1, -0.05) is 24.4 Å². The van der Waals surface area contributed by atoms with Crippen LogP contribution in [0.25, 0.3) is 6.08 Å². The minimum Gasteiger partial charge on any atom is -0.497 e. The number of nitrogens with zero attached hydrogens (tertiary/aromatic N) is 1. The number of hydrogen-bond acceptors (Lipinski definition) is 5. The van der Waals surface area contributed by atoms with Gasteiger partial charge in [0.15, 0.2) is 0 Å². The van der Waals surface area contributed by atoms with E-state index in [4.69, 9.17) is 17.0 Å². The van der Waals surface area contributed by atoms with Gasteiger partial charge in [-0.25, -0.2) is 4.39 Å². The van der Waals surface area contributed by atoms with Crippen molar-refractivity contribution in [2.24, 2.45) is 0 Å². The summed E-state index contributed by atoms with van der Waals surface area (Å²) in [6, 6.07) is 12.9. The average molecular weight is 416 g/mol. The van der Waals surface area contributed by atoms with E-state index in [2.05, 4.69) is 5.32 Å². The quantitative estimate of drug-likeness (QED) is 0.546. The third kappa shape index (κ3) is 4.96. The highest BCUT2D eigenvalue weighted by Crippen LogP contribution is 2.33. The molecule has 0 spiro atoms. The van der Waals surface area contributed by atoms with Crippen LogP contribution in [0, 0.1) is 5.82 Å². The van der Waals surface area contributed by atoms with Crippen LogP contribution in [-0.2, 0) is 4.79 Å². The molecule has 2 aromatic rings. The summed E-state index contributed by atoms with van der Waals surface area (Å²) in [5.74, 6) is 0.148. The molecule has 2 aromatic carbocycles. The van der Waals surface area contributed by atoms with Crippen molar-refractivity contribution in [3.05, 3.63) is 64.8 Å². The Morgan fingerprint density at radius 1 is 1.21 bits per heavy atom. The summed E-state index contributed by atoms with van der Waals surface area (Å²) in [5, 5.41) is 2.54. The molecule has 0 radical (unpaired) electrons. The zero-order valence-corrected chi connectivity index (χ0v) is 16.6. The molecule has 1 N–H and O–H groups in total. The summed E-state index contributed by atoms with van der Waals surface area (Å²) in [7, 11) is 1.57. The lowest BCUT2D eigenvalue weighted by Crippen LogP contribution is -2.30. The molecule has 1 fully saturated rings. The fourth-order valence-corrected chi connectivity index (χ4v) is 3.80. The first kappa shape index (κ1) is 20.0. The zero-order chi connectivity index (χ0) is 20.1. The van der Waals surface area contributed by atoms with Crippen LogP contribution in [0.15, 0.2) is 53.4 Å². The van der Waals surface area contributed by atoms with Gasteiger partial charge in [-0.2, -0.15) is 0 Å². The number of hydrogen-bond donors (Lipinski definition) is 1. The number of carbonyl (C=O) groups is 2. The van der Waals surface area contributed by atoms with E-state index in [1.165, 1.54) is 17.0 Å². The van der Waals surface area contributed by atoms with Crippen LogP contribution in [0.2, 0.25) is 0 Å². The number of thiocarbonyl (C=S) groups is 1. The predicted octanol–water partition coefficient (Wildman–Crippen LogP) is 4.70. The Bertz CT molecular complexity index is 927. The van der Waals surface area contributed by atoms with Gasteiger partial charge in [0, 0.05) is 18.7 Å². The maximum atomic E-state index is 13.0. The van der Waals surface area contributed by atoms with Crippen molar-refractivity contribution < 1.29 is 18.7 Å². The molecule has 144 valence electrons. The van der Waals surface area contributed by atoms with Crippen molar-refractivity contribution in [1.82, 2.24) is 4.90 Å². The van der Waals surface area contributed by atoms with Crippen molar-refractivity contribution in [2.45, 2.75) is 6.42 Å². The second-order valence-corrected chi connectivity index (χ2v) is 7.29. The number of ether oxygens (including phenoxy) is 1. The molecule has 0 aromatic heterocycles. The standard InChI is InChI=1S/C20H17FN2O3S2/c1-26-16-8-6-15(7-9-16)22-18(24)10-11-23-19(27)17(28-20(23)25)12-13-2-4-14(21)5-3-13/h2-9,12H,10-11H2,1H3,(H,22,24). The second-order valence-electron chi connectivity index (χ2n) is 5.91. The van der Waals surface area contributed by atoms with Gasteiger partial charge in [0.25, 0.3) is 5.24 Å². The number of rotatable bonds is 6. The van der Waals surface area contributed by atoms with Gasteiger partial charge in [-0.3, -0.25) is 14.5 Å². The number of thioether (sulfide) groups is 1. The summed E-state index contributed by atoms with van der Waals surface area (Å²) in [6.45, 7) is 0.188. The summed E-state index contributed by atoms with van der Waals surface area (Å²) >= 11 is 6.38. The fourth-order valence-electron chi connectivity index (χ4n) is 2.51. The van der Waals surface area contributed by atoms with E-state index >= 15 is 0 Å². The van der Waals surface area contributed by atoms with E-state index in [0.717, 1.165) is 17.3 Å². The Morgan fingerprint density at radius 2 is 1.89 bits per heavy atom. The van der Waals surface area contributed by atoms with Crippen molar-refractivity contribution >= 4 is 51.9 Å². The minimum absolute atomic E-state index is 0.113. The first-order valence-electron chi connectivity index (χ1n) is 8.41. The highest BCUT2D eigenvalue weighted by Gasteiger charge is 2.31. The average Bonchev–Trinajstić information content (AvgIpc) is 2.95. The molecule has 0 atom stereocenters. The second kappa shape index (κ2) is 8.99. The lowest BCUT2D eigenvalue weighted by Gasteiger charge is -2.14. The van der Waals surface area contributed by atoms with Crippen molar-refractivity contribution in [1.29, 1.82) is 0 Å². The Labute approximate surface area is 171 Å². The SMILES string of the molecule is COc1ccc(NC(=O)CCN2C(=O)SC(=Cc3ccc(F)cc3)C2=S)cc1. The maximum absolute atomic E-state index is 13.0. The largest absolute Gasteiger partial charge is 0.497 e. The molecule has 1 heterocycles. The summed E-state index contributed by atoms with van der Waals surface area (Å²) in [5.41, 5.74) is 1.39. The Kier molecular flexibility index (Phi) is 6.43. The fraction of sp³-hybridized carbons (Fsp3) is 0.150. The lowest BCUT2D eigenvalue weighted by atomic mass is 10.2. The van der Waals surface area contributed by atoms with E-state index < -0.39 is 0 Å². The van der Waals surface area contributed by atoms with Gasteiger partial charge in [-0.15, -0.1) is 0 Å². The highest BCUT2D eigenvalue weighted by molar-refractivity contribution is 8.19. The smallest absolute Gasteiger partial charge is 0.291 e. The predicted molar refractivity (Wildman–Crippen MR) is 113 cm³/mol. The normalized spacial score (nSPS) is 15.2. The minimum atomic E-state index is -0.329. The van der Waals surface area contributed by atoms with E-state index in [0.29, 0.717) is 21.3 Å². The van der Waals surface area contributed by atoms with E-state index in [1.54, 1.807) is 49.6 Å². The monoisotopic (exact) mass is 416 g/mol. The molecule has 1 aliphatic heterocycles. The van der Waals surface area contributed by atoms with Crippen LogP contribution in [0.3, 0.4) is 0 Å². The number of amides is 2. The third-order valence-electron chi connectivity index (χ3n) is 3.98. The van der Waals surface area contributed by atoms with Crippen LogP contribution >= 0.6 is 24.0 Å². The van der Waals surface area contributed by atoms with Crippen LogP contribution in [0.5, 0.6) is 5.75 Å². The molecule has 1 aliphatic rings. The summed E-state index contributed by atoms with van der Waals surface area (Å²) in [6.07, 6.45) is 1.85. The van der Waals surface area contributed by atoms with Crippen molar-refractivity contribution in [3.63, 3.8) is 0 Å². The van der Waals surface area contributed by atoms with Gasteiger partial charge in [-0.05, 0) is 59.8 Å². The topological polar surface area (TPSA) is 58.6 Å². The van der Waals surface area contributed by atoms with Gasteiger partial charge in [0.05, 0.1) is 12.0 Å². The molecule has 3 rings (SSSR count). The highest BCUT2D eigenvalue weighted by atomic mass is 32.2. The van der Waals surface area contributed by atoms with Crippen LogP contribution < -0.4 is 10.1 Å². The molecule has 8 heteroatoms. The number of nitrogens with one attached hydrogen (secondary N) is 1. The first-order valence-corrected chi connectivity index (χ1v) is 9.63. The van der Waals surface area contributed by atoms with Crippen LogP contribution in [0.4, 0.5) is 14.9 Å². The van der Waals surface area contributed by atoms with Crippen LogP contribution in [-0.4, -0.2) is 34.7 Å². The molecule has 1 saturated heterocycles. The van der Waals surface area contributed by atoms with E-state index in [1.807, 2.05) is 0 Å². The third-order valence-corrected chi connectivity index (χ3v) is 5.47. The number of carbonyl (C=O) groups excluding carboxylic acids is 2. The summed E-state index contributed by atoms with van der Waals surface area (Å²) < 4.78 is 18.1. The summed E-state index contributed by atoms with van der Waals surface area (Å²) in [4.78, 5) is 26.8. The van der Waals surface area contributed by atoms with Gasteiger partial charge >= 0.3 is 0 Å². The first-order chi connectivity index (χ1) is 13.5. The Balaban J connectivity index is 1.57. The number of anilines is 1. The van der Waals surface area contributed by atoms with E-state index in [9.17, 15) is 14.0 Å². The molecule has 2 amide bonds. The molecule has 0 aliphatic carbocycles. The van der Waals surface area contributed by atoms with Gasteiger partial charge < -0.3 is 10.1 Å². The number of methoxy groups -OCH3 is 1. The van der Waals surface area contributed by atoms with Crippen LogP contribution in [0.1, 0.15) is 12.0 Å². The molecule has 0 unspecified atom stereocenters. The number of halogens is 1. The van der Waals surface area contributed by atoms with E-state index in [-0.39, 0.29) is 29.9 Å². The molecule has 5 nitrogen and oxygen atoms in total. The van der Waals surface area contributed by atoms with Crippen molar-refractivity contribution in [2.75, 3.05) is 19.0 Å². The Hall–Kier alpha value is -2.71.